The number of nitriles is 1. The lowest BCUT2D eigenvalue weighted by Gasteiger charge is -2.24. The van der Waals surface area contributed by atoms with Gasteiger partial charge in [-0.3, -0.25) is 4.79 Å². The maximum Gasteiger partial charge on any atom is 0.297 e. The van der Waals surface area contributed by atoms with E-state index in [1.54, 1.807) is 12.1 Å². The minimum absolute atomic E-state index is 0.0346. The lowest BCUT2D eigenvalue weighted by molar-refractivity contribution is -0.202. The van der Waals surface area contributed by atoms with Gasteiger partial charge >= 0.3 is 0 Å². The monoisotopic (exact) mass is 406 g/mol. The molecule has 0 saturated carbocycles. The van der Waals surface area contributed by atoms with E-state index in [9.17, 15) is 23.8 Å². The number of benzene rings is 2. The largest absolute Gasteiger partial charge is 0.344 e. The van der Waals surface area contributed by atoms with Gasteiger partial charge in [0.25, 0.3) is 11.5 Å². The van der Waals surface area contributed by atoms with Crippen molar-refractivity contribution in [3.63, 3.8) is 0 Å². The van der Waals surface area contributed by atoms with Crippen molar-refractivity contribution >= 4 is 10.8 Å². The zero-order chi connectivity index (χ0) is 21.5. The normalized spacial score (nSPS) is 11.4. The zero-order valence-corrected chi connectivity index (χ0v) is 15.1. The van der Waals surface area contributed by atoms with Gasteiger partial charge in [-0.25, -0.2) is 0 Å². The number of nitrogens with zero attached hydrogens (tertiary/aromatic N) is 4. The Morgan fingerprint density at radius 2 is 1.63 bits per heavy atom. The van der Waals surface area contributed by atoms with Crippen molar-refractivity contribution in [2.75, 3.05) is 0 Å². The van der Waals surface area contributed by atoms with Crippen LogP contribution in [0.4, 0.5) is 8.78 Å². The summed E-state index contributed by atoms with van der Waals surface area (Å²) in [7, 11) is 0. The molecule has 0 unspecified atom stereocenters. The number of pyridine rings is 1. The molecule has 4 rings (SSSR count). The number of aromatic nitrogens is 3. The maximum atomic E-state index is 14.4. The van der Waals surface area contributed by atoms with Gasteiger partial charge in [0.05, 0.1) is 22.6 Å². The highest BCUT2D eigenvalue weighted by Gasteiger charge is 2.33. The third kappa shape index (κ3) is 3.10. The van der Waals surface area contributed by atoms with Gasteiger partial charge in [0.1, 0.15) is 5.69 Å². The summed E-state index contributed by atoms with van der Waals surface area (Å²) in [6.07, 6.45) is 0. The van der Waals surface area contributed by atoms with Gasteiger partial charge in [0.15, 0.2) is 0 Å². The van der Waals surface area contributed by atoms with Crippen LogP contribution in [0.15, 0.2) is 65.5 Å². The van der Waals surface area contributed by atoms with E-state index in [1.807, 2.05) is 6.07 Å². The molecule has 2 aromatic carbocycles. The van der Waals surface area contributed by atoms with Crippen molar-refractivity contribution in [1.82, 2.24) is 14.8 Å². The number of fused-ring (bicyclic) bond motifs is 1. The van der Waals surface area contributed by atoms with E-state index in [0.29, 0.717) is 4.68 Å². The van der Waals surface area contributed by atoms with Crippen LogP contribution in [0.1, 0.15) is 11.1 Å². The van der Waals surface area contributed by atoms with Crippen molar-refractivity contribution in [2.45, 2.75) is 5.91 Å². The predicted octanol–water partition coefficient (Wildman–Crippen LogP) is 2.25. The first-order valence-corrected chi connectivity index (χ1v) is 8.63. The second kappa shape index (κ2) is 7.11. The van der Waals surface area contributed by atoms with Crippen molar-refractivity contribution in [3.8, 4) is 17.3 Å². The average Bonchev–Trinajstić information content (AvgIpc) is 2.74. The van der Waals surface area contributed by atoms with Crippen LogP contribution >= 0.6 is 0 Å². The molecule has 0 aliphatic rings. The van der Waals surface area contributed by atoms with Gasteiger partial charge in [0, 0.05) is 10.9 Å². The Labute approximate surface area is 167 Å². The van der Waals surface area contributed by atoms with Crippen molar-refractivity contribution in [3.05, 3.63) is 94.0 Å². The summed E-state index contributed by atoms with van der Waals surface area (Å²) in [4.78, 5) is 16.1. The molecule has 148 valence electrons. The van der Waals surface area contributed by atoms with Crippen LogP contribution in [-0.4, -0.2) is 25.0 Å². The molecule has 4 aromatic rings. The van der Waals surface area contributed by atoms with E-state index in [-0.39, 0.29) is 33.2 Å². The molecule has 0 saturated heterocycles. The lowest BCUT2D eigenvalue weighted by atomic mass is 10.1. The van der Waals surface area contributed by atoms with Crippen molar-refractivity contribution < 1.29 is 19.0 Å². The van der Waals surface area contributed by atoms with Crippen LogP contribution in [-0.2, 0) is 5.91 Å². The summed E-state index contributed by atoms with van der Waals surface area (Å²) < 4.78 is 28.0. The minimum atomic E-state index is -2.91. The van der Waals surface area contributed by atoms with Gasteiger partial charge < -0.3 is 10.2 Å². The van der Waals surface area contributed by atoms with E-state index in [2.05, 4.69) is 10.1 Å². The minimum Gasteiger partial charge on any atom is -0.344 e. The molecule has 7 nitrogen and oxygen atoms in total. The van der Waals surface area contributed by atoms with Gasteiger partial charge in [-0.2, -0.15) is 28.8 Å². The summed E-state index contributed by atoms with van der Waals surface area (Å²) in [5.41, 5.74) is -1.07. The van der Waals surface area contributed by atoms with E-state index < -0.39 is 23.4 Å². The van der Waals surface area contributed by atoms with Gasteiger partial charge in [-0.15, -0.1) is 0 Å². The molecule has 9 heteroatoms. The van der Waals surface area contributed by atoms with Crippen LogP contribution in [0.25, 0.3) is 22.0 Å². The Morgan fingerprint density at radius 3 is 2.27 bits per heavy atom. The van der Waals surface area contributed by atoms with Crippen LogP contribution in [0, 0.1) is 23.2 Å². The fraction of sp³-hybridized carbons (Fsp3) is 0.0476. The first kappa shape index (κ1) is 19.3. The topological polar surface area (TPSA) is 112 Å². The van der Waals surface area contributed by atoms with Gasteiger partial charge in [-0.05, 0) is 30.3 Å². The number of rotatable bonds is 3. The van der Waals surface area contributed by atoms with Crippen LogP contribution in [0.3, 0.4) is 0 Å². The second-order valence-corrected chi connectivity index (χ2v) is 6.41. The highest BCUT2D eigenvalue weighted by atomic mass is 19.1. The standard InChI is InChI=1S/C21H12F2N4O3/c22-17-10-9-16(19(23)25-17)18-14-3-1-2-4-15(14)20(28)27(26-18)21(29,30)13-7-5-12(11-24)6-8-13/h1-10,29-30H. The fourth-order valence-corrected chi connectivity index (χ4v) is 3.08. The summed E-state index contributed by atoms with van der Waals surface area (Å²) in [5.74, 6) is -5.11. The molecule has 0 fully saturated rings. The van der Waals surface area contributed by atoms with Crippen LogP contribution < -0.4 is 5.56 Å². The van der Waals surface area contributed by atoms with Crippen molar-refractivity contribution in [1.29, 1.82) is 5.26 Å². The molecule has 30 heavy (non-hydrogen) atoms. The number of hydrogen-bond acceptors (Lipinski definition) is 6. The molecular weight excluding hydrogens is 394 g/mol. The first-order chi connectivity index (χ1) is 14.3. The quantitative estimate of drug-likeness (QED) is 0.399. The average molecular weight is 406 g/mol. The van der Waals surface area contributed by atoms with E-state index in [0.717, 1.165) is 12.1 Å². The van der Waals surface area contributed by atoms with Crippen LogP contribution in [0.5, 0.6) is 0 Å². The molecule has 0 radical (unpaired) electrons. The maximum absolute atomic E-state index is 14.4. The second-order valence-electron chi connectivity index (χ2n) is 6.41. The molecule has 2 heterocycles. The molecule has 0 bridgehead atoms. The molecule has 0 aliphatic carbocycles. The molecule has 2 N–H and O–H groups in total. The Kier molecular flexibility index (Phi) is 4.58. The SMILES string of the molecule is N#Cc1ccc(C(O)(O)n2nc(-c3ccc(F)nc3F)c3ccccc3c2=O)cc1. The first-order valence-electron chi connectivity index (χ1n) is 8.63. The van der Waals surface area contributed by atoms with Crippen LogP contribution in [0.2, 0.25) is 0 Å². The van der Waals surface area contributed by atoms with Gasteiger partial charge in [-0.1, -0.05) is 30.3 Å². The highest BCUT2D eigenvalue weighted by Crippen LogP contribution is 2.28. The molecular formula is C21H12F2N4O3. The molecule has 0 spiro atoms. The third-order valence-corrected chi connectivity index (χ3v) is 4.57. The Hall–Kier alpha value is -4.00. The predicted molar refractivity (Wildman–Crippen MR) is 102 cm³/mol. The number of hydrogen-bond donors (Lipinski definition) is 2. The summed E-state index contributed by atoms with van der Waals surface area (Å²) in [6, 6.07) is 15.2. The summed E-state index contributed by atoms with van der Waals surface area (Å²) >= 11 is 0. The van der Waals surface area contributed by atoms with Crippen molar-refractivity contribution in [2.24, 2.45) is 0 Å². The molecule has 0 amide bonds. The van der Waals surface area contributed by atoms with Gasteiger partial charge in [0.2, 0.25) is 11.9 Å². The molecule has 0 aliphatic heterocycles. The Bertz CT molecular complexity index is 1380. The number of halogens is 2. The molecule has 2 aromatic heterocycles. The Balaban J connectivity index is 2.02. The highest BCUT2D eigenvalue weighted by molar-refractivity contribution is 5.93. The van der Waals surface area contributed by atoms with E-state index >= 15 is 0 Å². The summed E-state index contributed by atoms with van der Waals surface area (Å²) in [5, 5.41) is 34.7. The lowest BCUT2D eigenvalue weighted by Crippen LogP contribution is -2.44. The third-order valence-electron chi connectivity index (χ3n) is 4.57. The molecule has 0 atom stereocenters. The fourth-order valence-electron chi connectivity index (χ4n) is 3.08. The smallest absolute Gasteiger partial charge is 0.297 e. The Morgan fingerprint density at radius 1 is 0.967 bits per heavy atom. The van der Waals surface area contributed by atoms with E-state index in [1.165, 1.54) is 36.4 Å². The number of aliphatic hydroxyl groups is 2. The van der Waals surface area contributed by atoms with E-state index in [4.69, 9.17) is 5.26 Å². The zero-order valence-electron chi connectivity index (χ0n) is 15.1. The summed E-state index contributed by atoms with van der Waals surface area (Å²) in [6.45, 7) is 0.